The van der Waals surface area contributed by atoms with E-state index in [1.54, 1.807) is 35.1 Å². The first kappa shape index (κ1) is 15.9. The minimum absolute atomic E-state index is 0.283. The lowest BCUT2D eigenvalue weighted by Crippen LogP contribution is -2.22. The Bertz CT molecular complexity index is 1400. The van der Waals surface area contributed by atoms with Gasteiger partial charge in [-0.2, -0.15) is 4.52 Å². The summed E-state index contributed by atoms with van der Waals surface area (Å²) in [7, 11) is 0. The fraction of sp³-hybridized carbons (Fsp3) is 0.0556. The lowest BCUT2D eigenvalue weighted by Gasteiger charge is -2.07. The first-order valence-corrected chi connectivity index (χ1v) is 9.25. The maximum absolute atomic E-state index is 14.0. The molecule has 5 aromatic rings. The van der Waals surface area contributed by atoms with Gasteiger partial charge >= 0.3 is 0 Å². The molecule has 0 saturated heterocycles. The van der Waals surface area contributed by atoms with Crippen LogP contribution in [-0.2, 0) is 0 Å². The van der Waals surface area contributed by atoms with Crippen molar-refractivity contribution in [3.8, 4) is 5.82 Å². The summed E-state index contributed by atoms with van der Waals surface area (Å²) in [6.45, 7) is 0. The van der Waals surface area contributed by atoms with E-state index in [-0.39, 0.29) is 10.9 Å². The van der Waals surface area contributed by atoms with Gasteiger partial charge < -0.3 is 0 Å². The van der Waals surface area contributed by atoms with Crippen LogP contribution in [0.25, 0.3) is 33.4 Å². The van der Waals surface area contributed by atoms with E-state index in [2.05, 4.69) is 19.9 Å². The Hall–Kier alpha value is -3.33. The van der Waals surface area contributed by atoms with Crippen LogP contribution >= 0.6 is 11.8 Å². The van der Waals surface area contributed by atoms with E-state index in [0.717, 1.165) is 0 Å². The van der Waals surface area contributed by atoms with Crippen molar-refractivity contribution in [1.29, 1.82) is 0 Å². The van der Waals surface area contributed by atoms with Gasteiger partial charge in [0.25, 0.3) is 5.56 Å². The molecule has 5 rings (SSSR count). The average molecular weight is 378 g/mol. The van der Waals surface area contributed by atoms with Crippen LogP contribution < -0.4 is 5.56 Å². The normalized spacial score (nSPS) is 11.6. The van der Waals surface area contributed by atoms with E-state index in [0.29, 0.717) is 33.2 Å². The number of benzene rings is 1. The number of hydrogen-bond donors (Lipinski definition) is 0. The molecule has 132 valence electrons. The van der Waals surface area contributed by atoms with Gasteiger partial charge in [0.2, 0.25) is 0 Å². The highest BCUT2D eigenvalue weighted by Gasteiger charge is 2.19. The van der Waals surface area contributed by atoms with Gasteiger partial charge in [0.15, 0.2) is 22.3 Å². The number of thioether (sulfide) groups is 1. The topological polar surface area (TPSA) is 78.0 Å². The minimum Gasteiger partial charge on any atom is -0.266 e. The summed E-state index contributed by atoms with van der Waals surface area (Å²) in [5, 5.41) is 1.44. The molecule has 0 spiro atoms. The number of pyridine rings is 1. The van der Waals surface area contributed by atoms with E-state index >= 15 is 0 Å². The summed E-state index contributed by atoms with van der Waals surface area (Å²) < 4.78 is 16.9. The number of hydrogen-bond acceptors (Lipinski definition) is 6. The highest BCUT2D eigenvalue weighted by molar-refractivity contribution is 7.98. The van der Waals surface area contributed by atoms with Crippen LogP contribution in [0, 0.1) is 5.82 Å². The van der Waals surface area contributed by atoms with Crippen molar-refractivity contribution in [2.75, 3.05) is 6.26 Å². The maximum atomic E-state index is 14.0. The zero-order valence-electron chi connectivity index (χ0n) is 14.0. The predicted octanol–water partition coefficient (Wildman–Crippen LogP) is 2.84. The van der Waals surface area contributed by atoms with Gasteiger partial charge in [-0.05, 0) is 30.5 Å². The molecule has 0 bridgehead atoms. The van der Waals surface area contributed by atoms with Crippen LogP contribution in [0.4, 0.5) is 4.39 Å². The van der Waals surface area contributed by atoms with Crippen molar-refractivity contribution in [3.63, 3.8) is 0 Å². The van der Waals surface area contributed by atoms with Crippen molar-refractivity contribution in [3.05, 3.63) is 65.0 Å². The summed E-state index contributed by atoms with van der Waals surface area (Å²) >= 11 is 1.37. The molecule has 0 radical (unpaired) electrons. The second kappa shape index (κ2) is 5.85. The molecule has 0 unspecified atom stereocenters. The van der Waals surface area contributed by atoms with Crippen LogP contribution in [0.3, 0.4) is 0 Å². The van der Waals surface area contributed by atoms with E-state index in [1.165, 1.54) is 34.6 Å². The van der Waals surface area contributed by atoms with Crippen LogP contribution in [0.2, 0.25) is 0 Å². The number of rotatable bonds is 2. The average Bonchev–Trinajstić information content (AvgIpc) is 3.02. The summed E-state index contributed by atoms with van der Waals surface area (Å²) in [5.74, 6) is 0.0672. The molecule has 0 N–H and O–H groups in total. The molecule has 1 aromatic carbocycles. The molecule has 0 amide bonds. The quantitative estimate of drug-likeness (QED) is 0.347. The standard InChI is InChI=1S/C18H11FN6OS/c1-27-18-21-9-12-15(23-18)22-16-11-6-5-10(19)8-13(11)24(25(16)17(12)26)14-4-2-3-7-20-14/h2-9H,1H3. The van der Waals surface area contributed by atoms with E-state index in [1.807, 2.05) is 6.26 Å². The van der Waals surface area contributed by atoms with Gasteiger partial charge in [-0.1, -0.05) is 17.8 Å². The molecular formula is C18H11FN6OS. The summed E-state index contributed by atoms with van der Waals surface area (Å²) in [4.78, 5) is 30.6. The van der Waals surface area contributed by atoms with E-state index in [4.69, 9.17) is 0 Å². The Morgan fingerprint density at radius 1 is 1.07 bits per heavy atom. The summed E-state index contributed by atoms with van der Waals surface area (Å²) in [5.41, 5.74) is 0.847. The number of halogens is 1. The summed E-state index contributed by atoms with van der Waals surface area (Å²) in [6, 6.07) is 9.62. The third-order valence-electron chi connectivity index (χ3n) is 4.26. The number of nitrogens with zero attached hydrogens (tertiary/aromatic N) is 6. The SMILES string of the molecule is CSc1ncc2c(=O)n3c(nc2n1)c1ccc(F)cc1n3-c1ccccn1. The molecule has 0 aliphatic carbocycles. The van der Waals surface area contributed by atoms with Gasteiger partial charge in [0, 0.05) is 23.8 Å². The fourth-order valence-electron chi connectivity index (χ4n) is 3.09. The molecule has 0 atom stereocenters. The highest BCUT2D eigenvalue weighted by atomic mass is 32.2. The van der Waals surface area contributed by atoms with Crippen LogP contribution in [0.1, 0.15) is 0 Å². The summed E-state index contributed by atoms with van der Waals surface area (Å²) in [6.07, 6.45) is 4.93. The molecule has 4 heterocycles. The highest BCUT2D eigenvalue weighted by Crippen LogP contribution is 2.25. The Labute approximate surface area is 155 Å². The first-order valence-electron chi connectivity index (χ1n) is 8.02. The minimum atomic E-state index is -0.412. The zero-order valence-corrected chi connectivity index (χ0v) is 14.8. The van der Waals surface area contributed by atoms with Crippen LogP contribution in [-0.4, -0.2) is 35.4 Å². The van der Waals surface area contributed by atoms with E-state index in [9.17, 15) is 9.18 Å². The molecule has 0 aliphatic heterocycles. The van der Waals surface area contributed by atoms with E-state index < -0.39 is 5.82 Å². The number of aromatic nitrogens is 6. The van der Waals surface area contributed by atoms with Crippen LogP contribution in [0.15, 0.2) is 58.7 Å². The van der Waals surface area contributed by atoms with Crippen molar-refractivity contribution in [1.82, 2.24) is 29.1 Å². The van der Waals surface area contributed by atoms with Gasteiger partial charge in [-0.3, -0.25) is 4.79 Å². The first-order chi connectivity index (χ1) is 13.2. The molecular weight excluding hydrogens is 367 g/mol. The molecule has 7 nitrogen and oxygen atoms in total. The molecule has 0 aliphatic rings. The monoisotopic (exact) mass is 378 g/mol. The second-order valence-corrected chi connectivity index (χ2v) is 6.58. The molecule has 0 fully saturated rings. The lowest BCUT2D eigenvalue weighted by atomic mass is 10.2. The van der Waals surface area contributed by atoms with Gasteiger partial charge in [0.05, 0.1) is 5.52 Å². The Morgan fingerprint density at radius 2 is 1.96 bits per heavy atom. The fourth-order valence-corrected chi connectivity index (χ4v) is 3.43. The Balaban J connectivity index is 2.04. The third-order valence-corrected chi connectivity index (χ3v) is 4.82. The maximum Gasteiger partial charge on any atom is 0.284 e. The Morgan fingerprint density at radius 3 is 2.74 bits per heavy atom. The van der Waals surface area contributed by atoms with Crippen molar-refractivity contribution in [2.24, 2.45) is 0 Å². The smallest absolute Gasteiger partial charge is 0.266 e. The molecule has 9 heteroatoms. The largest absolute Gasteiger partial charge is 0.284 e. The lowest BCUT2D eigenvalue weighted by molar-refractivity contribution is 0.628. The van der Waals surface area contributed by atoms with Crippen molar-refractivity contribution < 1.29 is 4.39 Å². The van der Waals surface area contributed by atoms with Gasteiger partial charge in [-0.25, -0.2) is 29.0 Å². The third kappa shape index (κ3) is 2.32. The predicted molar refractivity (Wildman–Crippen MR) is 101 cm³/mol. The molecule has 4 aromatic heterocycles. The van der Waals surface area contributed by atoms with Crippen molar-refractivity contribution >= 4 is 39.3 Å². The zero-order chi connectivity index (χ0) is 18.5. The van der Waals surface area contributed by atoms with Gasteiger partial charge in [-0.15, -0.1) is 0 Å². The number of fused-ring (bicyclic) bond motifs is 4. The molecule has 0 saturated carbocycles. The Kier molecular flexibility index (Phi) is 3.44. The van der Waals surface area contributed by atoms with Crippen molar-refractivity contribution in [2.45, 2.75) is 5.16 Å². The molecule has 27 heavy (non-hydrogen) atoms. The second-order valence-electron chi connectivity index (χ2n) is 5.81. The van der Waals surface area contributed by atoms with Gasteiger partial charge in [0.1, 0.15) is 11.2 Å². The van der Waals surface area contributed by atoms with Crippen LogP contribution in [0.5, 0.6) is 0 Å².